The molecule has 0 saturated heterocycles. The third kappa shape index (κ3) is 76.2. The zero-order valence-electron chi connectivity index (χ0n) is 29.9. The number of thioether (sulfide) groups is 3. The van der Waals surface area contributed by atoms with Crippen LogP contribution in [0.15, 0.2) is 0 Å². The minimum Gasteiger partial charge on any atom is -0.197 e. The fraction of sp³-hybridized carbons (Fsp3) is 0.912. The molecule has 0 aromatic heterocycles. The van der Waals surface area contributed by atoms with Crippen LogP contribution in [0.5, 0.6) is 0 Å². The summed E-state index contributed by atoms with van der Waals surface area (Å²) in [6, 6.07) is 0. The molecule has 0 unspecified atom stereocenters. The van der Waals surface area contributed by atoms with Crippen molar-refractivity contribution in [2.45, 2.75) is 143 Å². The van der Waals surface area contributed by atoms with Crippen molar-refractivity contribution >= 4 is 89.2 Å². The molecule has 45 heavy (non-hydrogen) atoms. The van der Waals surface area contributed by atoms with E-state index in [0.717, 1.165) is 54.3 Å². The summed E-state index contributed by atoms with van der Waals surface area (Å²) in [7, 11) is 0. The monoisotopic (exact) mass is 824 g/mol. The zero-order valence-corrected chi connectivity index (χ0v) is 36.7. The van der Waals surface area contributed by atoms with Crippen LogP contribution in [0.1, 0.15) is 138 Å². The fourth-order valence-electron chi connectivity index (χ4n) is 3.48. The Labute approximate surface area is 311 Å². The van der Waals surface area contributed by atoms with E-state index in [1.54, 1.807) is 0 Å². The Balaban J connectivity index is -0.000000163. The summed E-state index contributed by atoms with van der Waals surface area (Å²) in [4.78, 5) is 30.5. The second kappa shape index (κ2) is 46.7. The molecule has 0 rings (SSSR count). The standard InChI is InChI=1S/3C10H20O2S.C4H9.H2S.Sn.H/c3*1-9(2)6-4-3-5-7-13-8-10(11)12;1-3-4-2;;;/h3*9H,3-8H2,1-2H3,(H,11,12);1,3-4H2,2H3;1H2;;. The molecule has 0 bridgehead atoms. The van der Waals surface area contributed by atoms with Crippen molar-refractivity contribution in [3.8, 4) is 0 Å². The van der Waals surface area contributed by atoms with Crippen molar-refractivity contribution in [3.63, 3.8) is 0 Å². The van der Waals surface area contributed by atoms with Crippen LogP contribution in [-0.2, 0) is 14.4 Å². The third-order valence-corrected chi connectivity index (χ3v) is 10.2. The molecular formula is C34H72O6S4Sn. The first-order chi connectivity index (χ1) is 20.8. The zero-order chi connectivity index (χ0) is 34.4. The van der Waals surface area contributed by atoms with E-state index in [2.05, 4.69) is 48.5 Å². The van der Waals surface area contributed by atoms with Crippen LogP contribution in [0.3, 0.4) is 0 Å². The number of unbranched alkanes of at least 4 members (excludes halogenated alkanes) is 7. The maximum Gasteiger partial charge on any atom is -0.197 e. The molecule has 0 atom stereocenters. The van der Waals surface area contributed by atoms with Crippen LogP contribution in [0.25, 0.3) is 0 Å². The summed E-state index contributed by atoms with van der Waals surface area (Å²) in [5.74, 6) is 4.02. The predicted molar refractivity (Wildman–Crippen MR) is 212 cm³/mol. The van der Waals surface area contributed by atoms with Crippen LogP contribution >= 0.6 is 48.8 Å². The van der Waals surface area contributed by atoms with Crippen molar-refractivity contribution < 1.29 is 29.7 Å². The molecule has 11 heteroatoms. The quantitative estimate of drug-likeness (QED) is 0.0580. The van der Waals surface area contributed by atoms with Gasteiger partial charge in [0.1, 0.15) is 0 Å². The van der Waals surface area contributed by atoms with Crippen molar-refractivity contribution in [1.29, 1.82) is 0 Å². The average Bonchev–Trinajstić information content (AvgIpc) is 2.92. The van der Waals surface area contributed by atoms with E-state index < -0.39 is 17.9 Å². The first kappa shape index (κ1) is 55.0. The molecule has 0 aliphatic heterocycles. The summed E-state index contributed by atoms with van der Waals surface area (Å²) in [6.07, 6.45) is 17.8. The van der Waals surface area contributed by atoms with E-state index >= 15 is 0 Å². The maximum atomic E-state index is 10.2. The molecule has 0 aromatic rings. The van der Waals surface area contributed by atoms with Crippen molar-refractivity contribution in [3.05, 3.63) is 0 Å². The van der Waals surface area contributed by atoms with Gasteiger partial charge in [-0.2, -0.15) is 48.8 Å². The van der Waals surface area contributed by atoms with E-state index in [9.17, 15) is 14.4 Å². The maximum absolute atomic E-state index is 10.2. The molecule has 0 aliphatic rings. The minimum absolute atomic E-state index is 0. The van der Waals surface area contributed by atoms with Gasteiger partial charge in [-0.25, -0.2) is 0 Å². The fourth-order valence-corrected chi connectivity index (χ4v) is 6.83. The van der Waals surface area contributed by atoms with Gasteiger partial charge in [-0.3, -0.25) is 14.4 Å². The van der Waals surface area contributed by atoms with Crippen molar-refractivity contribution in [1.82, 2.24) is 0 Å². The molecular weight excluding hydrogens is 751 g/mol. The van der Waals surface area contributed by atoms with Gasteiger partial charge in [0.15, 0.2) is 0 Å². The molecule has 0 amide bonds. The molecule has 2 radical (unpaired) electrons. The Kier molecular flexibility index (Phi) is 57.1. The van der Waals surface area contributed by atoms with E-state index in [4.69, 9.17) is 15.3 Å². The molecule has 0 saturated carbocycles. The van der Waals surface area contributed by atoms with Gasteiger partial charge in [0.05, 0.1) is 17.3 Å². The summed E-state index contributed by atoms with van der Waals surface area (Å²) in [6.45, 7) is 15.6. The van der Waals surface area contributed by atoms with E-state index in [0.29, 0.717) is 0 Å². The molecule has 0 fully saturated rings. The molecule has 6 nitrogen and oxygen atoms in total. The number of carboxylic acids is 3. The summed E-state index contributed by atoms with van der Waals surface area (Å²) >= 11 is 6.01. The van der Waals surface area contributed by atoms with E-state index in [-0.39, 0.29) is 30.8 Å². The summed E-state index contributed by atoms with van der Waals surface area (Å²) in [5, 5.41) is 25.1. The van der Waals surface area contributed by atoms with Gasteiger partial charge in [-0.1, -0.05) is 99.3 Å². The van der Waals surface area contributed by atoms with Gasteiger partial charge >= 0.3 is 64.6 Å². The van der Waals surface area contributed by atoms with Crippen molar-refractivity contribution in [2.75, 3.05) is 34.5 Å². The van der Waals surface area contributed by atoms with Crippen LogP contribution in [0, 0.1) is 17.8 Å². The Morgan fingerprint density at radius 3 is 0.933 bits per heavy atom. The summed E-state index contributed by atoms with van der Waals surface area (Å²) in [5.41, 5.74) is 0. The van der Waals surface area contributed by atoms with Crippen LogP contribution in [-0.4, -0.2) is 90.3 Å². The smallest absolute Gasteiger partial charge is 0.197 e. The van der Waals surface area contributed by atoms with Crippen LogP contribution in [0.2, 0.25) is 4.44 Å². The van der Waals surface area contributed by atoms with Gasteiger partial charge in [0, 0.05) is 0 Å². The van der Waals surface area contributed by atoms with Gasteiger partial charge in [-0.05, 0) is 54.3 Å². The van der Waals surface area contributed by atoms with Crippen LogP contribution < -0.4 is 0 Å². The largest absolute Gasteiger partial charge is 0.197 e. The number of hydrogen-bond acceptors (Lipinski definition) is 6. The van der Waals surface area contributed by atoms with Gasteiger partial charge in [0.25, 0.3) is 0 Å². The van der Waals surface area contributed by atoms with Gasteiger partial charge in [-0.15, -0.1) is 0 Å². The number of carboxylic acid groups (broad SMARTS) is 3. The number of aliphatic carboxylic acids is 3. The second-order valence-corrected chi connectivity index (χ2v) is 17.2. The Morgan fingerprint density at radius 2 is 0.778 bits per heavy atom. The SMILES string of the molecule is CC(C)CCCCCSCC(=O)O.CC(C)CCCCCSCC(=O)O.CC(C)CCCCCSCC(=O)O.CCC[CH2][SnH].S. The van der Waals surface area contributed by atoms with Crippen molar-refractivity contribution in [2.24, 2.45) is 17.8 Å². The second-order valence-electron chi connectivity index (χ2n) is 12.2. The Morgan fingerprint density at radius 1 is 0.511 bits per heavy atom. The first-order valence-corrected chi connectivity index (χ1v) is 22.7. The van der Waals surface area contributed by atoms with Crippen LogP contribution in [0.4, 0.5) is 0 Å². The van der Waals surface area contributed by atoms with E-state index in [1.807, 2.05) is 0 Å². The number of rotatable bonds is 26. The molecule has 3 N–H and O–H groups in total. The third-order valence-electron chi connectivity index (χ3n) is 5.94. The Bertz CT molecular complexity index is 533. The summed E-state index contributed by atoms with van der Waals surface area (Å²) < 4.78 is 1.47. The topological polar surface area (TPSA) is 112 Å². The molecule has 0 heterocycles. The first-order valence-electron chi connectivity index (χ1n) is 16.9. The van der Waals surface area contributed by atoms with Gasteiger partial charge < -0.3 is 15.3 Å². The number of hydrogen-bond donors (Lipinski definition) is 3. The normalized spacial score (nSPS) is 10.2. The van der Waals surface area contributed by atoms with E-state index in [1.165, 1.54) is 133 Å². The molecule has 0 aromatic carbocycles. The minimum atomic E-state index is -0.702. The van der Waals surface area contributed by atoms with Gasteiger partial charge in [0.2, 0.25) is 0 Å². The molecule has 272 valence electrons. The predicted octanol–water partition coefficient (Wildman–Crippen LogP) is 10.3. The Hall–Kier alpha value is 0.609. The average molecular weight is 824 g/mol. The number of carbonyl (C=O) groups is 3. The molecule has 0 aliphatic carbocycles. The molecule has 0 spiro atoms.